The van der Waals surface area contributed by atoms with Gasteiger partial charge < -0.3 is 10.4 Å². The largest absolute Gasteiger partial charge is 0.478 e. The normalized spacial score (nSPS) is 10.7. The van der Waals surface area contributed by atoms with Crippen molar-refractivity contribution >= 4 is 33.6 Å². The van der Waals surface area contributed by atoms with Crippen molar-refractivity contribution in [1.29, 1.82) is 0 Å². The first kappa shape index (κ1) is 18.8. The molecule has 0 aliphatic carbocycles. The molecule has 9 heteroatoms. The topological polar surface area (TPSA) is 102 Å². The van der Waals surface area contributed by atoms with Crippen LogP contribution in [0.5, 0.6) is 0 Å². The van der Waals surface area contributed by atoms with Crippen LogP contribution >= 0.6 is 15.9 Å². The number of rotatable bonds is 7. The third-order valence-electron chi connectivity index (χ3n) is 3.94. The summed E-state index contributed by atoms with van der Waals surface area (Å²) in [4.78, 5) is 22.9. The van der Waals surface area contributed by atoms with Crippen LogP contribution in [-0.2, 0) is 17.9 Å². The Balaban J connectivity index is 1.56. The van der Waals surface area contributed by atoms with Gasteiger partial charge in [-0.05, 0) is 24.6 Å². The number of benzene rings is 1. The SMILES string of the molecule is Cc1cc(NC(=O)CCn2cc(C(=O)O)cn2)nn1Cc1ccc(Br)cc1. The average Bonchev–Trinajstić information content (AvgIpc) is 3.22. The van der Waals surface area contributed by atoms with Gasteiger partial charge in [-0.2, -0.15) is 10.2 Å². The Bertz CT molecular complexity index is 962. The Morgan fingerprint density at radius 2 is 2.00 bits per heavy atom. The predicted octanol–water partition coefficient (Wildman–Crippen LogP) is 2.93. The number of aryl methyl sites for hydroxylation is 2. The average molecular weight is 432 g/mol. The van der Waals surface area contributed by atoms with Crippen LogP contribution in [0.15, 0.2) is 47.2 Å². The number of aromatic carboxylic acids is 1. The van der Waals surface area contributed by atoms with Gasteiger partial charge in [0.25, 0.3) is 0 Å². The molecule has 1 amide bonds. The summed E-state index contributed by atoms with van der Waals surface area (Å²) in [5, 5.41) is 20.0. The van der Waals surface area contributed by atoms with Gasteiger partial charge in [0.05, 0.1) is 18.3 Å². The lowest BCUT2D eigenvalue weighted by Crippen LogP contribution is -2.15. The molecule has 140 valence electrons. The zero-order valence-corrected chi connectivity index (χ0v) is 16.2. The number of anilines is 1. The fourth-order valence-corrected chi connectivity index (χ4v) is 2.78. The van der Waals surface area contributed by atoms with Gasteiger partial charge >= 0.3 is 5.97 Å². The van der Waals surface area contributed by atoms with Crippen molar-refractivity contribution in [2.24, 2.45) is 0 Å². The molecule has 0 saturated heterocycles. The van der Waals surface area contributed by atoms with Gasteiger partial charge in [0, 0.05) is 35.4 Å². The monoisotopic (exact) mass is 431 g/mol. The second kappa shape index (κ2) is 8.17. The Morgan fingerprint density at radius 3 is 2.67 bits per heavy atom. The Morgan fingerprint density at radius 1 is 1.26 bits per heavy atom. The summed E-state index contributed by atoms with van der Waals surface area (Å²) in [6.07, 6.45) is 2.82. The third kappa shape index (κ3) is 5.04. The van der Waals surface area contributed by atoms with Crippen molar-refractivity contribution in [2.75, 3.05) is 5.32 Å². The number of hydrogen-bond donors (Lipinski definition) is 2. The lowest BCUT2D eigenvalue weighted by atomic mass is 10.2. The van der Waals surface area contributed by atoms with Crippen LogP contribution in [0.4, 0.5) is 5.82 Å². The fraction of sp³-hybridized carbons (Fsp3) is 0.222. The maximum absolute atomic E-state index is 12.1. The summed E-state index contributed by atoms with van der Waals surface area (Å²) in [5.74, 6) is -0.769. The lowest BCUT2D eigenvalue weighted by Gasteiger charge is -2.05. The Kier molecular flexibility index (Phi) is 5.70. The van der Waals surface area contributed by atoms with E-state index in [0.29, 0.717) is 12.4 Å². The van der Waals surface area contributed by atoms with Crippen molar-refractivity contribution in [3.63, 3.8) is 0 Å². The number of nitrogens with zero attached hydrogens (tertiary/aromatic N) is 4. The molecule has 27 heavy (non-hydrogen) atoms. The number of hydrogen-bond acceptors (Lipinski definition) is 4. The maximum atomic E-state index is 12.1. The van der Waals surface area contributed by atoms with Gasteiger partial charge in [-0.25, -0.2) is 4.79 Å². The first-order valence-corrected chi connectivity index (χ1v) is 9.04. The van der Waals surface area contributed by atoms with Crippen LogP contribution < -0.4 is 5.32 Å². The van der Waals surface area contributed by atoms with E-state index in [1.54, 1.807) is 0 Å². The van der Waals surface area contributed by atoms with Gasteiger partial charge in [0.1, 0.15) is 0 Å². The van der Waals surface area contributed by atoms with Gasteiger partial charge in [0.2, 0.25) is 5.91 Å². The molecule has 0 spiro atoms. The highest BCUT2D eigenvalue weighted by molar-refractivity contribution is 9.10. The van der Waals surface area contributed by atoms with E-state index in [9.17, 15) is 9.59 Å². The van der Waals surface area contributed by atoms with E-state index in [4.69, 9.17) is 5.11 Å². The summed E-state index contributed by atoms with van der Waals surface area (Å²) >= 11 is 3.41. The molecular formula is C18H18BrN5O3. The van der Waals surface area contributed by atoms with E-state index in [1.165, 1.54) is 17.1 Å². The third-order valence-corrected chi connectivity index (χ3v) is 4.47. The van der Waals surface area contributed by atoms with E-state index in [1.807, 2.05) is 41.9 Å². The molecule has 2 aromatic heterocycles. The smallest absolute Gasteiger partial charge is 0.338 e. The predicted molar refractivity (Wildman–Crippen MR) is 103 cm³/mol. The number of carboxylic acids is 1. The molecular weight excluding hydrogens is 414 g/mol. The second-order valence-corrected chi connectivity index (χ2v) is 6.97. The Hall–Kier alpha value is -2.94. The van der Waals surface area contributed by atoms with Crippen molar-refractivity contribution in [1.82, 2.24) is 19.6 Å². The van der Waals surface area contributed by atoms with Gasteiger partial charge in [-0.3, -0.25) is 14.2 Å². The minimum absolute atomic E-state index is 0.0951. The molecule has 1 aromatic carbocycles. The summed E-state index contributed by atoms with van der Waals surface area (Å²) in [6.45, 7) is 2.83. The van der Waals surface area contributed by atoms with E-state index in [0.717, 1.165) is 15.7 Å². The van der Waals surface area contributed by atoms with E-state index < -0.39 is 5.97 Å². The molecule has 0 aliphatic rings. The van der Waals surface area contributed by atoms with Gasteiger partial charge in [-0.15, -0.1) is 0 Å². The van der Waals surface area contributed by atoms with Crippen LogP contribution in [0, 0.1) is 6.92 Å². The first-order chi connectivity index (χ1) is 12.9. The van der Waals surface area contributed by atoms with Crippen LogP contribution in [0.1, 0.15) is 28.0 Å². The van der Waals surface area contributed by atoms with Gasteiger partial charge in [-0.1, -0.05) is 28.1 Å². The molecule has 0 unspecified atom stereocenters. The minimum atomic E-state index is -1.04. The number of carboxylic acid groups (broad SMARTS) is 1. The van der Waals surface area contributed by atoms with Crippen LogP contribution in [-0.4, -0.2) is 36.5 Å². The highest BCUT2D eigenvalue weighted by Gasteiger charge is 2.10. The fourth-order valence-electron chi connectivity index (χ4n) is 2.51. The molecule has 2 N–H and O–H groups in total. The molecule has 3 aromatic rings. The molecule has 0 aliphatic heterocycles. The highest BCUT2D eigenvalue weighted by Crippen LogP contribution is 2.14. The molecule has 8 nitrogen and oxygen atoms in total. The first-order valence-electron chi connectivity index (χ1n) is 8.25. The zero-order chi connectivity index (χ0) is 19.4. The lowest BCUT2D eigenvalue weighted by molar-refractivity contribution is -0.116. The maximum Gasteiger partial charge on any atom is 0.338 e. The molecule has 0 atom stereocenters. The quantitative estimate of drug-likeness (QED) is 0.598. The summed E-state index contributed by atoms with van der Waals surface area (Å²) in [7, 11) is 0. The van der Waals surface area contributed by atoms with Crippen LogP contribution in [0.25, 0.3) is 0 Å². The molecule has 3 rings (SSSR count). The van der Waals surface area contributed by atoms with Crippen molar-refractivity contribution in [2.45, 2.75) is 26.4 Å². The summed E-state index contributed by atoms with van der Waals surface area (Å²) in [5.41, 5.74) is 2.14. The molecule has 0 radical (unpaired) electrons. The van der Waals surface area contributed by atoms with Gasteiger partial charge in [0.15, 0.2) is 5.82 Å². The van der Waals surface area contributed by atoms with Crippen molar-refractivity contribution in [3.05, 3.63) is 64.0 Å². The van der Waals surface area contributed by atoms with E-state index in [2.05, 4.69) is 31.4 Å². The Labute approximate surface area is 163 Å². The van der Waals surface area contributed by atoms with Crippen molar-refractivity contribution in [3.8, 4) is 0 Å². The summed E-state index contributed by atoms with van der Waals surface area (Å²) in [6, 6.07) is 9.79. The molecule has 0 fully saturated rings. The number of carbonyl (C=O) groups is 2. The number of halogens is 1. The molecule has 2 heterocycles. The number of nitrogens with one attached hydrogen (secondary N) is 1. The van der Waals surface area contributed by atoms with E-state index in [-0.39, 0.29) is 24.4 Å². The standard InChI is InChI=1S/C18H18BrN5O3/c1-12-8-16(22-24(12)10-13-2-4-15(19)5-3-13)21-17(25)6-7-23-11-14(9-20-23)18(26)27/h2-5,8-9,11H,6-7,10H2,1H3,(H,26,27)(H,21,22,25). The van der Waals surface area contributed by atoms with E-state index >= 15 is 0 Å². The number of amides is 1. The molecule has 0 saturated carbocycles. The number of carbonyl (C=O) groups excluding carboxylic acids is 1. The van der Waals surface area contributed by atoms with Crippen LogP contribution in [0.3, 0.4) is 0 Å². The van der Waals surface area contributed by atoms with Crippen LogP contribution in [0.2, 0.25) is 0 Å². The summed E-state index contributed by atoms with van der Waals surface area (Å²) < 4.78 is 4.27. The highest BCUT2D eigenvalue weighted by atomic mass is 79.9. The second-order valence-electron chi connectivity index (χ2n) is 6.05. The minimum Gasteiger partial charge on any atom is -0.478 e. The zero-order valence-electron chi connectivity index (χ0n) is 14.6. The van der Waals surface area contributed by atoms with Crippen molar-refractivity contribution < 1.29 is 14.7 Å². The number of aromatic nitrogens is 4. The molecule has 0 bridgehead atoms.